The maximum Gasteiger partial charge on any atom is 0.282 e. The highest BCUT2D eigenvalue weighted by molar-refractivity contribution is 4.89. The molecular formula is C7H12F2N2O. The number of nitrogens with zero attached hydrogens (tertiary/aromatic N) is 1. The fraction of sp³-hybridized carbons (Fsp3) is 0.857. The Bertz CT molecular complexity index is 167. The van der Waals surface area contributed by atoms with Crippen molar-refractivity contribution in [3.63, 3.8) is 0 Å². The number of aliphatic hydroxyl groups excluding tert-OH is 1. The zero-order valence-corrected chi connectivity index (χ0v) is 6.85. The summed E-state index contributed by atoms with van der Waals surface area (Å²) in [4.78, 5) is 0. The molecule has 3 nitrogen and oxygen atoms in total. The third-order valence-corrected chi connectivity index (χ3v) is 1.40. The van der Waals surface area contributed by atoms with E-state index in [1.54, 1.807) is 6.92 Å². The molecular weight excluding hydrogens is 166 g/mol. The standard InChI is InChI=1S/C7H12F2N2O/c1-2-6(3-10)11-4-7(8,9)5-12/h6,11-12H,2,4-5H2,1H3. The van der Waals surface area contributed by atoms with Crippen LogP contribution in [-0.4, -0.2) is 30.2 Å². The lowest BCUT2D eigenvalue weighted by Gasteiger charge is -2.15. The highest BCUT2D eigenvalue weighted by atomic mass is 19.3. The van der Waals surface area contributed by atoms with E-state index < -0.39 is 25.1 Å². The Morgan fingerprint density at radius 3 is 2.58 bits per heavy atom. The number of aliphatic hydroxyl groups is 1. The third-order valence-electron chi connectivity index (χ3n) is 1.40. The number of alkyl halides is 2. The molecule has 0 heterocycles. The fourth-order valence-electron chi connectivity index (χ4n) is 0.610. The van der Waals surface area contributed by atoms with Crippen LogP contribution >= 0.6 is 0 Å². The molecule has 1 unspecified atom stereocenters. The molecule has 0 aliphatic heterocycles. The summed E-state index contributed by atoms with van der Waals surface area (Å²) in [6, 6.07) is 1.26. The lowest BCUT2D eigenvalue weighted by Crippen LogP contribution is -2.40. The number of hydrogen-bond acceptors (Lipinski definition) is 3. The van der Waals surface area contributed by atoms with Crippen LogP contribution in [0.2, 0.25) is 0 Å². The molecule has 0 radical (unpaired) electrons. The molecule has 0 aliphatic rings. The van der Waals surface area contributed by atoms with Gasteiger partial charge in [0.25, 0.3) is 5.92 Å². The van der Waals surface area contributed by atoms with E-state index in [1.807, 2.05) is 6.07 Å². The van der Waals surface area contributed by atoms with Crippen LogP contribution in [0.5, 0.6) is 0 Å². The van der Waals surface area contributed by atoms with Crippen LogP contribution in [0.3, 0.4) is 0 Å². The predicted molar refractivity (Wildman–Crippen MR) is 39.7 cm³/mol. The molecule has 1 atom stereocenters. The van der Waals surface area contributed by atoms with Crippen LogP contribution in [0.15, 0.2) is 0 Å². The molecule has 0 rings (SSSR count). The van der Waals surface area contributed by atoms with Crippen LogP contribution in [0.4, 0.5) is 8.78 Å². The van der Waals surface area contributed by atoms with Crippen molar-refractivity contribution in [3.05, 3.63) is 0 Å². The summed E-state index contributed by atoms with van der Waals surface area (Å²) in [5.74, 6) is -3.13. The lowest BCUT2D eigenvalue weighted by atomic mass is 10.2. The quantitative estimate of drug-likeness (QED) is 0.644. The number of rotatable bonds is 5. The summed E-state index contributed by atoms with van der Waals surface area (Å²) in [7, 11) is 0. The smallest absolute Gasteiger partial charge is 0.282 e. The van der Waals surface area contributed by atoms with Crippen molar-refractivity contribution >= 4 is 0 Å². The molecule has 0 spiro atoms. The van der Waals surface area contributed by atoms with Gasteiger partial charge in [-0.25, -0.2) is 8.78 Å². The van der Waals surface area contributed by atoms with Gasteiger partial charge in [-0.15, -0.1) is 0 Å². The molecule has 0 aromatic carbocycles. The van der Waals surface area contributed by atoms with Crippen molar-refractivity contribution in [2.75, 3.05) is 13.2 Å². The van der Waals surface area contributed by atoms with Gasteiger partial charge in [-0.05, 0) is 6.42 Å². The Labute approximate surface area is 70.0 Å². The average molecular weight is 178 g/mol. The van der Waals surface area contributed by atoms with Gasteiger partial charge in [-0.3, -0.25) is 5.32 Å². The average Bonchev–Trinajstić information content (AvgIpc) is 2.06. The van der Waals surface area contributed by atoms with Gasteiger partial charge in [0.15, 0.2) is 0 Å². The summed E-state index contributed by atoms with van der Waals surface area (Å²) in [6.07, 6.45) is 0.470. The zero-order valence-electron chi connectivity index (χ0n) is 6.85. The molecule has 0 saturated carbocycles. The van der Waals surface area contributed by atoms with E-state index in [1.165, 1.54) is 0 Å². The topological polar surface area (TPSA) is 56.0 Å². The molecule has 0 saturated heterocycles. The van der Waals surface area contributed by atoms with Crippen molar-refractivity contribution in [2.45, 2.75) is 25.3 Å². The van der Waals surface area contributed by atoms with Crippen LogP contribution < -0.4 is 5.32 Å². The second-order valence-electron chi connectivity index (χ2n) is 2.48. The highest BCUT2D eigenvalue weighted by Crippen LogP contribution is 2.10. The minimum atomic E-state index is -3.13. The van der Waals surface area contributed by atoms with Crippen molar-refractivity contribution in [2.24, 2.45) is 0 Å². The number of hydrogen-bond donors (Lipinski definition) is 2. The van der Waals surface area contributed by atoms with Crippen molar-refractivity contribution in [1.29, 1.82) is 5.26 Å². The number of halogens is 2. The summed E-state index contributed by atoms with van der Waals surface area (Å²) >= 11 is 0. The third kappa shape index (κ3) is 4.21. The van der Waals surface area contributed by atoms with Crippen LogP contribution in [0, 0.1) is 11.3 Å². The monoisotopic (exact) mass is 178 g/mol. The Hall–Kier alpha value is -0.730. The zero-order chi connectivity index (χ0) is 9.61. The SMILES string of the molecule is CCC(C#N)NCC(F)(F)CO. The van der Waals surface area contributed by atoms with E-state index in [4.69, 9.17) is 10.4 Å². The molecule has 12 heavy (non-hydrogen) atoms. The summed E-state index contributed by atoms with van der Waals surface area (Å²) in [6.45, 7) is -0.130. The Kier molecular flexibility index (Phi) is 4.71. The Morgan fingerprint density at radius 2 is 2.25 bits per heavy atom. The maximum atomic E-state index is 12.4. The molecule has 70 valence electrons. The maximum absolute atomic E-state index is 12.4. The van der Waals surface area contributed by atoms with Gasteiger partial charge in [-0.1, -0.05) is 6.92 Å². The molecule has 0 bridgehead atoms. The molecule has 0 aromatic rings. The Morgan fingerprint density at radius 1 is 1.67 bits per heavy atom. The molecule has 5 heteroatoms. The summed E-state index contributed by atoms with van der Waals surface area (Å²) in [5.41, 5.74) is 0. The molecule has 0 aromatic heterocycles. The van der Waals surface area contributed by atoms with E-state index in [-0.39, 0.29) is 0 Å². The highest BCUT2D eigenvalue weighted by Gasteiger charge is 2.27. The van der Waals surface area contributed by atoms with E-state index in [0.717, 1.165) is 0 Å². The second kappa shape index (κ2) is 5.01. The first-order valence-corrected chi connectivity index (χ1v) is 3.67. The first-order chi connectivity index (χ1) is 5.55. The predicted octanol–water partition coefficient (Wildman–Crippen LogP) is 0.506. The summed E-state index contributed by atoms with van der Waals surface area (Å²) in [5, 5.41) is 18.9. The second-order valence-corrected chi connectivity index (χ2v) is 2.48. The van der Waals surface area contributed by atoms with Gasteiger partial charge in [0.2, 0.25) is 0 Å². The minimum Gasteiger partial charge on any atom is -0.390 e. The van der Waals surface area contributed by atoms with Crippen molar-refractivity contribution < 1.29 is 13.9 Å². The lowest BCUT2D eigenvalue weighted by molar-refractivity contribution is -0.0484. The Balaban J connectivity index is 3.75. The van der Waals surface area contributed by atoms with Gasteiger partial charge < -0.3 is 5.11 Å². The van der Waals surface area contributed by atoms with Crippen molar-refractivity contribution in [3.8, 4) is 6.07 Å². The van der Waals surface area contributed by atoms with Gasteiger partial charge in [0, 0.05) is 0 Å². The largest absolute Gasteiger partial charge is 0.390 e. The van der Waals surface area contributed by atoms with E-state index in [2.05, 4.69) is 5.32 Å². The first kappa shape index (κ1) is 11.3. The van der Waals surface area contributed by atoms with E-state index in [0.29, 0.717) is 6.42 Å². The number of nitrogens with one attached hydrogen (secondary N) is 1. The van der Waals surface area contributed by atoms with Crippen molar-refractivity contribution in [1.82, 2.24) is 5.32 Å². The van der Waals surface area contributed by atoms with Gasteiger partial charge in [0.1, 0.15) is 6.61 Å². The fourth-order valence-corrected chi connectivity index (χ4v) is 0.610. The van der Waals surface area contributed by atoms with Gasteiger partial charge in [-0.2, -0.15) is 5.26 Å². The minimum absolute atomic E-state index is 0.470. The normalized spacial score (nSPS) is 13.9. The van der Waals surface area contributed by atoms with Crippen LogP contribution in [0.25, 0.3) is 0 Å². The molecule has 2 N–H and O–H groups in total. The van der Waals surface area contributed by atoms with Gasteiger partial charge in [0.05, 0.1) is 18.7 Å². The molecule has 0 aliphatic carbocycles. The van der Waals surface area contributed by atoms with Crippen LogP contribution in [-0.2, 0) is 0 Å². The first-order valence-electron chi connectivity index (χ1n) is 3.67. The van der Waals surface area contributed by atoms with E-state index in [9.17, 15) is 8.78 Å². The molecule has 0 fully saturated rings. The van der Waals surface area contributed by atoms with Crippen LogP contribution in [0.1, 0.15) is 13.3 Å². The molecule has 0 amide bonds. The van der Waals surface area contributed by atoms with Gasteiger partial charge >= 0.3 is 0 Å². The summed E-state index contributed by atoms with van der Waals surface area (Å²) < 4.78 is 24.7. The number of nitriles is 1. The van der Waals surface area contributed by atoms with E-state index >= 15 is 0 Å².